The summed E-state index contributed by atoms with van der Waals surface area (Å²) in [6.45, 7) is 7.02. The first-order valence-corrected chi connectivity index (χ1v) is 7.04. The van der Waals surface area contributed by atoms with Crippen molar-refractivity contribution in [2.24, 2.45) is 5.73 Å². The molecule has 0 spiro atoms. The Morgan fingerprint density at radius 2 is 1.84 bits per heavy atom. The number of hydrogen-bond donors (Lipinski definition) is 2. The van der Waals surface area contributed by atoms with E-state index in [1.807, 2.05) is 6.07 Å². The minimum Gasteiger partial charge on any atom is -0.380 e. The van der Waals surface area contributed by atoms with Crippen molar-refractivity contribution in [3.63, 3.8) is 0 Å². The quantitative estimate of drug-likeness (QED) is 0.898. The Morgan fingerprint density at radius 1 is 1.21 bits per heavy atom. The summed E-state index contributed by atoms with van der Waals surface area (Å²) >= 11 is 1.55. The van der Waals surface area contributed by atoms with E-state index in [1.165, 1.54) is 22.4 Å². The number of rotatable bonds is 4. The lowest BCUT2D eigenvalue weighted by Crippen LogP contribution is -2.09. The number of amides is 1. The van der Waals surface area contributed by atoms with Gasteiger partial charge in [0.1, 0.15) is 0 Å². The Morgan fingerprint density at radius 3 is 2.37 bits per heavy atom. The number of carbonyl (C=O) groups excluding carboxylic acids is 1. The molecule has 1 amide bonds. The summed E-state index contributed by atoms with van der Waals surface area (Å²) in [6.07, 6.45) is 0. The minimum absolute atomic E-state index is 0.370. The summed E-state index contributed by atoms with van der Waals surface area (Å²) in [4.78, 5) is 12.1. The predicted molar refractivity (Wildman–Crippen MR) is 80.8 cm³/mol. The molecule has 0 aliphatic carbocycles. The maximum Gasteiger partial charge on any atom is 0.249 e. The lowest BCUT2D eigenvalue weighted by atomic mass is 10.1. The molecule has 0 fully saturated rings. The maximum absolute atomic E-state index is 11.0. The third kappa shape index (κ3) is 3.15. The van der Waals surface area contributed by atoms with Gasteiger partial charge in [0.15, 0.2) is 0 Å². The number of nitrogens with one attached hydrogen (secondary N) is 1. The minimum atomic E-state index is -0.370. The zero-order chi connectivity index (χ0) is 14.0. The second-order valence-electron chi connectivity index (χ2n) is 4.79. The molecule has 3 nitrogen and oxygen atoms in total. The van der Waals surface area contributed by atoms with Crippen LogP contribution in [0.1, 0.15) is 31.9 Å². The van der Waals surface area contributed by atoms with Crippen LogP contribution in [0, 0.1) is 20.8 Å². The van der Waals surface area contributed by atoms with Crippen LogP contribution in [0.4, 0.5) is 5.69 Å². The van der Waals surface area contributed by atoms with Crippen molar-refractivity contribution in [2.75, 3.05) is 5.32 Å². The van der Waals surface area contributed by atoms with Gasteiger partial charge in [0, 0.05) is 22.5 Å². The molecule has 0 radical (unpaired) electrons. The fourth-order valence-corrected chi connectivity index (χ4v) is 3.05. The highest BCUT2D eigenvalue weighted by atomic mass is 32.1. The molecule has 0 saturated carbocycles. The van der Waals surface area contributed by atoms with Crippen LogP contribution in [-0.4, -0.2) is 5.91 Å². The Hall–Kier alpha value is -1.81. The topological polar surface area (TPSA) is 55.1 Å². The van der Waals surface area contributed by atoms with Gasteiger partial charge in [0.2, 0.25) is 5.91 Å². The molecule has 19 heavy (non-hydrogen) atoms. The highest BCUT2D eigenvalue weighted by Crippen LogP contribution is 2.23. The number of aryl methyl sites for hydroxylation is 3. The summed E-state index contributed by atoms with van der Waals surface area (Å²) in [7, 11) is 0. The number of anilines is 1. The normalized spacial score (nSPS) is 10.5. The lowest BCUT2D eigenvalue weighted by molar-refractivity contribution is 0.100. The molecule has 3 N–H and O–H groups in total. The van der Waals surface area contributed by atoms with Crippen LogP contribution in [0.5, 0.6) is 0 Å². The molecule has 1 aromatic heterocycles. The average molecular weight is 274 g/mol. The molecule has 0 saturated heterocycles. The highest BCUT2D eigenvalue weighted by molar-refractivity contribution is 7.10. The molecular formula is C15H18N2OS. The second-order valence-corrected chi connectivity index (χ2v) is 5.79. The van der Waals surface area contributed by atoms with Crippen molar-refractivity contribution in [1.29, 1.82) is 0 Å². The van der Waals surface area contributed by atoms with Crippen molar-refractivity contribution in [3.05, 3.63) is 50.7 Å². The van der Waals surface area contributed by atoms with Crippen LogP contribution in [0.25, 0.3) is 0 Å². The van der Waals surface area contributed by atoms with Crippen LogP contribution < -0.4 is 11.1 Å². The van der Waals surface area contributed by atoms with E-state index in [-0.39, 0.29) is 5.91 Å². The number of benzene rings is 1. The molecule has 0 aliphatic rings. The average Bonchev–Trinajstić information content (AvgIpc) is 2.76. The van der Waals surface area contributed by atoms with Gasteiger partial charge in [0.25, 0.3) is 0 Å². The Balaban J connectivity index is 2.12. The van der Waals surface area contributed by atoms with Crippen molar-refractivity contribution in [3.8, 4) is 0 Å². The number of primary amides is 1. The molecule has 2 rings (SSSR count). The highest BCUT2D eigenvalue weighted by Gasteiger charge is 2.07. The van der Waals surface area contributed by atoms with Crippen molar-refractivity contribution >= 4 is 22.9 Å². The van der Waals surface area contributed by atoms with Crippen molar-refractivity contribution in [2.45, 2.75) is 27.3 Å². The van der Waals surface area contributed by atoms with Crippen LogP contribution >= 0.6 is 11.3 Å². The standard InChI is InChI=1S/C15H18N2OS/c1-9-4-10(2)14(11(3)5-9)17-7-13-6-12(8-19-13)15(16)18/h4-6,8,17H,7H2,1-3H3,(H2,16,18). The van der Waals surface area contributed by atoms with E-state index < -0.39 is 0 Å². The van der Waals surface area contributed by atoms with E-state index in [1.54, 1.807) is 16.7 Å². The van der Waals surface area contributed by atoms with Gasteiger partial charge in [0.05, 0.1) is 5.56 Å². The van der Waals surface area contributed by atoms with E-state index in [0.717, 1.165) is 4.88 Å². The van der Waals surface area contributed by atoms with Gasteiger partial charge in [-0.2, -0.15) is 0 Å². The van der Waals surface area contributed by atoms with E-state index in [4.69, 9.17) is 5.73 Å². The molecule has 0 atom stereocenters. The summed E-state index contributed by atoms with van der Waals surface area (Å²) in [5.74, 6) is -0.370. The third-order valence-electron chi connectivity index (χ3n) is 3.05. The molecule has 2 aromatic rings. The van der Waals surface area contributed by atoms with E-state index in [9.17, 15) is 4.79 Å². The first-order chi connectivity index (χ1) is 8.97. The molecule has 1 aromatic carbocycles. The predicted octanol–water partition coefficient (Wildman–Crippen LogP) is 3.38. The van der Waals surface area contributed by atoms with Gasteiger partial charge in [-0.3, -0.25) is 4.79 Å². The van der Waals surface area contributed by atoms with Gasteiger partial charge < -0.3 is 11.1 Å². The zero-order valence-electron chi connectivity index (χ0n) is 11.4. The van der Waals surface area contributed by atoms with Crippen LogP contribution in [0.15, 0.2) is 23.6 Å². The van der Waals surface area contributed by atoms with Crippen molar-refractivity contribution < 1.29 is 4.79 Å². The zero-order valence-corrected chi connectivity index (χ0v) is 12.2. The summed E-state index contributed by atoms with van der Waals surface area (Å²) in [5.41, 5.74) is 10.7. The summed E-state index contributed by atoms with van der Waals surface area (Å²) < 4.78 is 0. The monoisotopic (exact) mass is 274 g/mol. The number of nitrogens with two attached hydrogens (primary N) is 1. The van der Waals surface area contributed by atoms with E-state index in [2.05, 4.69) is 38.2 Å². The fraction of sp³-hybridized carbons (Fsp3) is 0.267. The largest absolute Gasteiger partial charge is 0.380 e. The van der Waals surface area contributed by atoms with Gasteiger partial charge in [-0.1, -0.05) is 17.7 Å². The van der Waals surface area contributed by atoms with Crippen LogP contribution in [0.2, 0.25) is 0 Å². The van der Waals surface area contributed by atoms with Crippen molar-refractivity contribution in [1.82, 2.24) is 0 Å². The molecule has 1 heterocycles. The molecule has 0 aliphatic heterocycles. The Labute approximate surface area is 117 Å². The molecule has 4 heteroatoms. The molecule has 100 valence electrons. The Kier molecular flexibility index (Phi) is 3.90. The first-order valence-electron chi connectivity index (χ1n) is 6.16. The number of thiophene rings is 1. The molecule has 0 bridgehead atoms. The summed E-state index contributed by atoms with van der Waals surface area (Å²) in [5, 5.41) is 5.24. The SMILES string of the molecule is Cc1cc(C)c(NCc2cc(C(N)=O)cs2)c(C)c1. The smallest absolute Gasteiger partial charge is 0.249 e. The van der Waals surface area contributed by atoms with E-state index >= 15 is 0 Å². The van der Waals surface area contributed by atoms with E-state index in [0.29, 0.717) is 12.1 Å². The molecular weight excluding hydrogens is 256 g/mol. The molecule has 0 unspecified atom stereocenters. The van der Waals surface area contributed by atoms with Gasteiger partial charge in [-0.05, 0) is 38.0 Å². The lowest BCUT2D eigenvalue weighted by Gasteiger charge is -2.13. The maximum atomic E-state index is 11.0. The van der Waals surface area contributed by atoms with Crippen LogP contribution in [-0.2, 0) is 6.54 Å². The number of carbonyl (C=O) groups is 1. The first kappa shape index (κ1) is 13.6. The van der Waals surface area contributed by atoms with Gasteiger partial charge >= 0.3 is 0 Å². The third-order valence-corrected chi connectivity index (χ3v) is 3.99. The second kappa shape index (κ2) is 5.45. The Bertz CT molecular complexity index is 593. The summed E-state index contributed by atoms with van der Waals surface area (Å²) in [6, 6.07) is 6.18. The van der Waals surface area contributed by atoms with Crippen LogP contribution in [0.3, 0.4) is 0 Å². The fourth-order valence-electron chi connectivity index (χ4n) is 2.24. The number of hydrogen-bond acceptors (Lipinski definition) is 3. The van der Waals surface area contributed by atoms with Gasteiger partial charge in [-0.25, -0.2) is 0 Å². The van der Waals surface area contributed by atoms with Gasteiger partial charge in [-0.15, -0.1) is 11.3 Å².